The predicted octanol–water partition coefficient (Wildman–Crippen LogP) is 5.53. The first-order valence-electron chi connectivity index (χ1n) is 11.7. The van der Waals surface area contributed by atoms with Gasteiger partial charge in [-0.1, -0.05) is 24.3 Å². The topological polar surface area (TPSA) is 43.2 Å². The van der Waals surface area contributed by atoms with Gasteiger partial charge in [0.15, 0.2) is 5.82 Å². The quantitative estimate of drug-likeness (QED) is 0.377. The third-order valence-electron chi connectivity index (χ3n) is 7.42. The maximum Gasteiger partial charge on any atom is 0.416 e. The summed E-state index contributed by atoms with van der Waals surface area (Å²) in [6.07, 6.45) is -0.274. The molecule has 9 heteroatoms. The predicted molar refractivity (Wildman–Crippen MR) is 131 cm³/mol. The highest BCUT2D eigenvalue weighted by atomic mass is 35.5. The molecule has 2 atom stereocenters. The fraction of sp³-hybridized carbons (Fsp3) is 0.462. The fourth-order valence-electron chi connectivity index (χ4n) is 5.41. The first-order chi connectivity index (χ1) is 16.3. The number of halogens is 4. The van der Waals surface area contributed by atoms with Crippen LogP contribution in [0, 0.1) is 5.92 Å². The molecule has 1 aliphatic carbocycles. The normalized spacial score (nSPS) is 21.5. The number of aromatic nitrogens is 3. The van der Waals surface area contributed by atoms with Gasteiger partial charge in [-0.15, -0.1) is 22.6 Å². The van der Waals surface area contributed by atoms with Crippen molar-refractivity contribution in [1.82, 2.24) is 19.7 Å². The zero-order chi connectivity index (χ0) is 23.9. The Morgan fingerprint density at radius 2 is 1.86 bits per heavy atom. The molecule has 1 aromatic heterocycles. The van der Waals surface area contributed by atoms with Crippen LogP contribution >= 0.6 is 12.4 Å². The summed E-state index contributed by atoms with van der Waals surface area (Å²) < 4.78 is 46.0. The molecule has 188 valence electrons. The SMILES string of the molecule is COc1cccc(-c2nnc(CCCCN3C[C@@H]4C[C@]4(c4ccc(C(F)(F)F)cc4)C3)n2C)c1.Cl. The van der Waals surface area contributed by atoms with Crippen molar-refractivity contribution in [2.75, 3.05) is 26.7 Å². The number of nitrogens with zero attached hydrogens (tertiary/aromatic N) is 4. The van der Waals surface area contributed by atoms with Crippen LogP contribution in [0.15, 0.2) is 48.5 Å². The Hall–Kier alpha value is -2.58. The Kier molecular flexibility index (Phi) is 7.16. The van der Waals surface area contributed by atoms with Gasteiger partial charge in [0, 0.05) is 37.5 Å². The van der Waals surface area contributed by atoms with Gasteiger partial charge >= 0.3 is 6.18 Å². The van der Waals surface area contributed by atoms with Crippen LogP contribution in [0.4, 0.5) is 13.2 Å². The highest BCUT2D eigenvalue weighted by Crippen LogP contribution is 2.59. The van der Waals surface area contributed by atoms with E-state index in [0.717, 1.165) is 73.8 Å². The van der Waals surface area contributed by atoms with E-state index in [1.54, 1.807) is 19.2 Å². The molecule has 5 rings (SSSR count). The van der Waals surface area contributed by atoms with Gasteiger partial charge in [0.25, 0.3) is 0 Å². The van der Waals surface area contributed by atoms with E-state index in [4.69, 9.17) is 4.74 Å². The molecule has 0 radical (unpaired) electrons. The summed E-state index contributed by atoms with van der Waals surface area (Å²) in [5.41, 5.74) is 1.51. The molecule has 1 saturated heterocycles. The monoisotopic (exact) mass is 506 g/mol. The molecule has 2 fully saturated rings. The summed E-state index contributed by atoms with van der Waals surface area (Å²) in [7, 11) is 3.64. The average Bonchev–Trinajstić information content (AvgIpc) is 3.20. The van der Waals surface area contributed by atoms with Crippen LogP contribution in [0.3, 0.4) is 0 Å². The molecule has 0 amide bonds. The average molecular weight is 507 g/mol. The molecule has 2 heterocycles. The molecule has 2 aliphatic rings. The molecule has 5 nitrogen and oxygen atoms in total. The molecular formula is C26H30ClF3N4O. The van der Waals surface area contributed by atoms with Gasteiger partial charge in [-0.2, -0.15) is 13.2 Å². The minimum absolute atomic E-state index is 0. The number of rotatable bonds is 8. The van der Waals surface area contributed by atoms with E-state index in [0.29, 0.717) is 5.92 Å². The number of hydrogen-bond acceptors (Lipinski definition) is 4. The van der Waals surface area contributed by atoms with Crippen molar-refractivity contribution in [1.29, 1.82) is 0 Å². The maximum absolute atomic E-state index is 12.9. The number of benzene rings is 2. The Morgan fingerprint density at radius 1 is 1.09 bits per heavy atom. The molecule has 3 aromatic rings. The van der Waals surface area contributed by atoms with E-state index in [1.807, 2.05) is 35.9 Å². The van der Waals surface area contributed by atoms with E-state index in [2.05, 4.69) is 15.1 Å². The minimum Gasteiger partial charge on any atom is -0.497 e. The van der Waals surface area contributed by atoms with E-state index < -0.39 is 11.7 Å². The van der Waals surface area contributed by atoms with Crippen molar-refractivity contribution in [3.63, 3.8) is 0 Å². The second-order valence-corrected chi connectivity index (χ2v) is 9.56. The third kappa shape index (κ3) is 5.05. The Labute approximate surface area is 209 Å². The lowest BCUT2D eigenvalue weighted by atomic mass is 9.94. The third-order valence-corrected chi connectivity index (χ3v) is 7.42. The number of piperidine rings is 1. The summed E-state index contributed by atoms with van der Waals surface area (Å²) in [6, 6.07) is 13.6. The van der Waals surface area contributed by atoms with Crippen LogP contribution < -0.4 is 4.74 Å². The van der Waals surface area contributed by atoms with Crippen molar-refractivity contribution >= 4 is 12.4 Å². The summed E-state index contributed by atoms with van der Waals surface area (Å²) in [5.74, 6) is 3.14. The zero-order valence-electron chi connectivity index (χ0n) is 19.9. The molecule has 2 aromatic carbocycles. The van der Waals surface area contributed by atoms with Gasteiger partial charge in [-0.05, 0) is 61.6 Å². The van der Waals surface area contributed by atoms with Crippen molar-refractivity contribution in [3.05, 3.63) is 65.5 Å². The highest BCUT2D eigenvalue weighted by Gasteiger charge is 2.60. The lowest BCUT2D eigenvalue weighted by molar-refractivity contribution is -0.137. The summed E-state index contributed by atoms with van der Waals surface area (Å²) >= 11 is 0. The van der Waals surface area contributed by atoms with Gasteiger partial charge in [0.05, 0.1) is 12.7 Å². The molecular weight excluding hydrogens is 477 g/mol. The molecule has 35 heavy (non-hydrogen) atoms. The van der Waals surface area contributed by atoms with Gasteiger partial charge in [0.2, 0.25) is 0 Å². The Morgan fingerprint density at radius 3 is 2.57 bits per heavy atom. The number of methoxy groups -OCH3 is 1. The lowest BCUT2D eigenvalue weighted by Gasteiger charge is -2.21. The number of aryl methyl sites for hydroxylation is 1. The molecule has 0 spiro atoms. The fourth-order valence-corrected chi connectivity index (χ4v) is 5.41. The highest BCUT2D eigenvalue weighted by molar-refractivity contribution is 5.85. The van der Waals surface area contributed by atoms with Crippen molar-refractivity contribution in [2.45, 2.75) is 37.3 Å². The van der Waals surface area contributed by atoms with Crippen LogP contribution in [-0.4, -0.2) is 46.4 Å². The maximum atomic E-state index is 12.9. The van der Waals surface area contributed by atoms with Crippen LogP contribution in [0.5, 0.6) is 5.75 Å². The van der Waals surface area contributed by atoms with E-state index in [1.165, 1.54) is 12.1 Å². The Balaban J connectivity index is 0.00000289. The van der Waals surface area contributed by atoms with Crippen LogP contribution in [0.2, 0.25) is 0 Å². The zero-order valence-corrected chi connectivity index (χ0v) is 20.7. The second-order valence-electron chi connectivity index (χ2n) is 9.56. The number of hydrogen-bond donors (Lipinski definition) is 0. The molecule has 0 N–H and O–H groups in total. The van der Waals surface area contributed by atoms with E-state index in [9.17, 15) is 13.2 Å². The number of ether oxygens (including phenoxy) is 1. The van der Waals surface area contributed by atoms with Gasteiger partial charge in [-0.3, -0.25) is 0 Å². The number of likely N-dealkylation sites (tertiary alicyclic amines) is 1. The van der Waals surface area contributed by atoms with Crippen LogP contribution in [0.25, 0.3) is 11.4 Å². The molecule has 0 bridgehead atoms. The van der Waals surface area contributed by atoms with Crippen LogP contribution in [0.1, 0.15) is 36.2 Å². The molecule has 1 aliphatic heterocycles. The summed E-state index contributed by atoms with van der Waals surface area (Å²) in [5, 5.41) is 8.76. The van der Waals surface area contributed by atoms with Crippen molar-refractivity contribution < 1.29 is 17.9 Å². The number of alkyl halides is 3. The van der Waals surface area contributed by atoms with Gasteiger partial charge in [0.1, 0.15) is 11.6 Å². The van der Waals surface area contributed by atoms with E-state index in [-0.39, 0.29) is 17.8 Å². The molecule has 0 unspecified atom stereocenters. The lowest BCUT2D eigenvalue weighted by Crippen LogP contribution is -2.27. The minimum atomic E-state index is -4.28. The van der Waals surface area contributed by atoms with Crippen LogP contribution in [-0.2, 0) is 25.1 Å². The standard InChI is InChI=1S/C26H29F3N4O.ClH/c1-32-23(30-31-24(32)18-6-5-7-22(14-18)34-2)8-3-4-13-33-16-21-15-25(21,17-33)19-9-11-20(12-10-19)26(27,28)29;/h5-7,9-12,14,21H,3-4,8,13,15-17H2,1-2H3;1H/t21-,25+;/m0./s1. The molecule has 1 saturated carbocycles. The van der Waals surface area contributed by atoms with Gasteiger partial charge in [-0.25, -0.2) is 0 Å². The second kappa shape index (κ2) is 9.82. The first-order valence-corrected chi connectivity index (χ1v) is 11.7. The van der Waals surface area contributed by atoms with Gasteiger partial charge < -0.3 is 14.2 Å². The number of fused-ring (bicyclic) bond motifs is 1. The van der Waals surface area contributed by atoms with E-state index >= 15 is 0 Å². The number of unbranched alkanes of at least 4 members (excludes halogenated alkanes) is 1. The largest absolute Gasteiger partial charge is 0.497 e. The van der Waals surface area contributed by atoms with Crippen molar-refractivity contribution in [2.24, 2.45) is 13.0 Å². The summed E-state index contributed by atoms with van der Waals surface area (Å²) in [4.78, 5) is 2.46. The summed E-state index contributed by atoms with van der Waals surface area (Å²) in [6.45, 7) is 2.97. The Bertz CT molecular complexity index is 1160. The smallest absolute Gasteiger partial charge is 0.416 e. The first kappa shape index (κ1) is 25.5. The van der Waals surface area contributed by atoms with Crippen molar-refractivity contribution in [3.8, 4) is 17.1 Å².